The number of fused-ring (bicyclic) bond motifs is 1. The summed E-state index contributed by atoms with van der Waals surface area (Å²) in [6.45, 7) is 1.88. The Morgan fingerprint density at radius 2 is 1.93 bits per heavy atom. The highest BCUT2D eigenvalue weighted by Gasteiger charge is 2.29. The lowest BCUT2D eigenvalue weighted by molar-refractivity contribution is -0.142. The molecule has 1 aromatic carbocycles. The molecule has 2 atom stereocenters. The minimum Gasteiger partial charge on any atom is -0.480 e. The Bertz CT molecular complexity index is 846. The Morgan fingerprint density at radius 3 is 2.56 bits per heavy atom. The van der Waals surface area contributed by atoms with Crippen LogP contribution in [0.3, 0.4) is 0 Å². The number of carboxylic acids is 1. The van der Waals surface area contributed by atoms with Crippen molar-refractivity contribution in [3.8, 4) is 0 Å². The SMILES string of the molecule is CCCC[C@H](NP(=O)(O)O)C(=O)N[C@@H](Cc1c[nH]c2ccccc12)C(=O)O. The smallest absolute Gasteiger partial charge is 0.401 e. The monoisotopic (exact) mass is 397 g/mol. The molecule has 27 heavy (non-hydrogen) atoms. The van der Waals surface area contributed by atoms with Crippen LogP contribution in [0.5, 0.6) is 0 Å². The summed E-state index contributed by atoms with van der Waals surface area (Å²) in [5.41, 5.74) is 1.58. The van der Waals surface area contributed by atoms with E-state index in [1.165, 1.54) is 0 Å². The van der Waals surface area contributed by atoms with E-state index in [1.54, 1.807) is 6.20 Å². The fourth-order valence-corrected chi connectivity index (χ4v) is 3.51. The molecule has 6 N–H and O–H groups in total. The van der Waals surface area contributed by atoms with Crippen molar-refractivity contribution in [3.63, 3.8) is 0 Å². The van der Waals surface area contributed by atoms with E-state index in [2.05, 4.69) is 10.3 Å². The first-order chi connectivity index (χ1) is 12.7. The minimum absolute atomic E-state index is 0.0431. The number of carbonyl (C=O) groups excluding carboxylic acids is 1. The van der Waals surface area contributed by atoms with Crippen LogP contribution in [0.25, 0.3) is 10.9 Å². The van der Waals surface area contributed by atoms with Gasteiger partial charge in [0.25, 0.3) is 0 Å². The third kappa shape index (κ3) is 6.18. The molecule has 9 nitrogen and oxygen atoms in total. The van der Waals surface area contributed by atoms with Gasteiger partial charge in [-0.1, -0.05) is 38.0 Å². The highest BCUT2D eigenvalue weighted by Crippen LogP contribution is 2.30. The molecule has 1 amide bonds. The number of aromatic amines is 1. The van der Waals surface area contributed by atoms with Crippen molar-refractivity contribution in [2.24, 2.45) is 0 Å². The summed E-state index contributed by atoms with van der Waals surface area (Å²) >= 11 is 0. The molecule has 1 aromatic heterocycles. The predicted molar refractivity (Wildman–Crippen MR) is 100 cm³/mol. The van der Waals surface area contributed by atoms with E-state index in [1.807, 2.05) is 36.3 Å². The van der Waals surface area contributed by atoms with Gasteiger partial charge in [-0.2, -0.15) is 0 Å². The molecule has 0 unspecified atom stereocenters. The van der Waals surface area contributed by atoms with Crippen molar-refractivity contribution in [3.05, 3.63) is 36.0 Å². The highest BCUT2D eigenvalue weighted by atomic mass is 31.2. The fourth-order valence-electron chi connectivity index (χ4n) is 2.86. The molecule has 10 heteroatoms. The molecule has 0 aliphatic rings. The average molecular weight is 397 g/mol. The van der Waals surface area contributed by atoms with Gasteiger partial charge in [0.1, 0.15) is 6.04 Å². The van der Waals surface area contributed by atoms with Gasteiger partial charge in [0.05, 0.1) is 6.04 Å². The number of benzene rings is 1. The van der Waals surface area contributed by atoms with Crippen molar-refractivity contribution in [2.75, 3.05) is 0 Å². The van der Waals surface area contributed by atoms with E-state index in [9.17, 15) is 19.3 Å². The van der Waals surface area contributed by atoms with Gasteiger partial charge in [-0.15, -0.1) is 0 Å². The molecule has 0 aliphatic carbocycles. The predicted octanol–water partition coefficient (Wildman–Crippen LogP) is 1.52. The summed E-state index contributed by atoms with van der Waals surface area (Å²) < 4.78 is 11.2. The topological polar surface area (TPSA) is 152 Å². The highest BCUT2D eigenvalue weighted by molar-refractivity contribution is 7.49. The lowest BCUT2D eigenvalue weighted by Crippen LogP contribution is -2.50. The third-order valence-electron chi connectivity index (χ3n) is 4.20. The number of hydrogen-bond donors (Lipinski definition) is 6. The molecule has 0 spiro atoms. The normalized spacial score (nSPS) is 14.0. The zero-order valence-electron chi connectivity index (χ0n) is 14.9. The van der Waals surface area contributed by atoms with E-state index in [0.717, 1.165) is 22.9 Å². The molecule has 0 aliphatic heterocycles. The molecular formula is C17H24N3O6P. The second-order valence-electron chi connectivity index (χ2n) is 6.33. The number of unbranched alkanes of at least 4 members (excludes halogenated alkanes) is 1. The molecule has 148 valence electrons. The lowest BCUT2D eigenvalue weighted by atomic mass is 10.0. The van der Waals surface area contributed by atoms with Gasteiger partial charge in [-0.05, 0) is 18.1 Å². The number of aliphatic carboxylic acids is 1. The van der Waals surface area contributed by atoms with Gasteiger partial charge in [-0.25, -0.2) is 14.4 Å². The summed E-state index contributed by atoms with van der Waals surface area (Å²) in [7, 11) is -4.64. The maximum Gasteiger partial charge on any atom is 0.401 e. The quantitative estimate of drug-likeness (QED) is 0.333. The zero-order valence-corrected chi connectivity index (χ0v) is 15.8. The van der Waals surface area contributed by atoms with Crippen LogP contribution in [0.1, 0.15) is 31.7 Å². The molecule has 2 rings (SSSR count). The van der Waals surface area contributed by atoms with Crippen molar-refractivity contribution in [1.29, 1.82) is 0 Å². The molecule has 0 saturated carbocycles. The van der Waals surface area contributed by atoms with Crippen LogP contribution in [0.4, 0.5) is 0 Å². The zero-order chi connectivity index (χ0) is 20.0. The average Bonchev–Trinajstić information content (AvgIpc) is 3.00. The number of rotatable bonds is 10. The molecule has 0 saturated heterocycles. The van der Waals surface area contributed by atoms with Gasteiger partial charge in [0.2, 0.25) is 5.91 Å². The van der Waals surface area contributed by atoms with Crippen LogP contribution >= 0.6 is 7.75 Å². The fraction of sp³-hybridized carbons (Fsp3) is 0.412. The minimum atomic E-state index is -4.64. The van der Waals surface area contributed by atoms with Crippen molar-refractivity contribution < 1.29 is 29.0 Å². The van der Waals surface area contributed by atoms with Crippen molar-refractivity contribution in [1.82, 2.24) is 15.4 Å². The van der Waals surface area contributed by atoms with Crippen molar-refractivity contribution >= 4 is 30.5 Å². The molecule has 1 heterocycles. The summed E-state index contributed by atoms with van der Waals surface area (Å²) in [4.78, 5) is 45.3. The first-order valence-corrected chi connectivity index (χ1v) is 10.2. The second kappa shape index (κ2) is 9.14. The summed E-state index contributed by atoms with van der Waals surface area (Å²) in [6, 6.07) is 5.00. The maximum atomic E-state index is 12.4. The van der Waals surface area contributed by atoms with E-state index in [4.69, 9.17) is 9.79 Å². The van der Waals surface area contributed by atoms with Gasteiger partial charge >= 0.3 is 13.7 Å². The largest absolute Gasteiger partial charge is 0.480 e. The summed E-state index contributed by atoms with van der Waals surface area (Å²) in [5.74, 6) is -1.97. The van der Waals surface area contributed by atoms with Crippen LogP contribution in [-0.4, -0.2) is 43.8 Å². The van der Waals surface area contributed by atoms with Crippen LogP contribution in [0.2, 0.25) is 0 Å². The Morgan fingerprint density at radius 1 is 1.22 bits per heavy atom. The second-order valence-corrected chi connectivity index (χ2v) is 7.68. The van der Waals surface area contributed by atoms with Gasteiger partial charge in [0, 0.05) is 23.5 Å². The number of hydrogen-bond acceptors (Lipinski definition) is 3. The molecule has 0 radical (unpaired) electrons. The molecular weight excluding hydrogens is 373 g/mol. The number of para-hydroxylation sites is 1. The first-order valence-electron chi connectivity index (χ1n) is 8.62. The molecule has 2 aromatic rings. The number of H-pyrrole nitrogens is 1. The molecule has 0 bridgehead atoms. The number of aromatic nitrogens is 1. The maximum absolute atomic E-state index is 12.4. The Hall–Kier alpha value is -2.19. The Balaban J connectivity index is 2.14. The Labute approximate surface area is 156 Å². The first kappa shape index (κ1) is 21.1. The third-order valence-corrected chi connectivity index (χ3v) is 4.85. The number of carboxylic acid groups (broad SMARTS) is 1. The van der Waals surface area contributed by atoms with Crippen LogP contribution < -0.4 is 10.4 Å². The van der Waals surface area contributed by atoms with E-state index in [-0.39, 0.29) is 12.8 Å². The number of carbonyl (C=O) groups is 2. The summed E-state index contributed by atoms with van der Waals surface area (Å²) in [5, 5.41) is 14.7. The van der Waals surface area contributed by atoms with Gasteiger partial charge in [-0.3, -0.25) is 4.79 Å². The van der Waals surface area contributed by atoms with Crippen LogP contribution in [0, 0.1) is 0 Å². The van der Waals surface area contributed by atoms with Gasteiger partial charge in [0.15, 0.2) is 0 Å². The van der Waals surface area contributed by atoms with Crippen molar-refractivity contribution in [2.45, 2.75) is 44.7 Å². The van der Waals surface area contributed by atoms with Crippen LogP contribution in [0.15, 0.2) is 30.5 Å². The number of amides is 1. The number of nitrogens with one attached hydrogen (secondary N) is 3. The van der Waals surface area contributed by atoms with Gasteiger partial charge < -0.3 is 25.2 Å². The van der Waals surface area contributed by atoms with E-state index in [0.29, 0.717) is 6.42 Å². The lowest BCUT2D eigenvalue weighted by Gasteiger charge is -2.21. The van der Waals surface area contributed by atoms with Crippen LogP contribution in [-0.2, 0) is 20.6 Å². The standard InChI is InChI=1S/C17H24N3O6P/c1-2-3-7-14(20-27(24,25)26)16(21)19-15(17(22)23)9-11-10-18-13-8-5-4-6-12(11)13/h4-6,8,10,14-15,18H,2-3,7,9H2,1H3,(H,19,21)(H,22,23)(H3,20,24,25,26)/t14-,15-/m0/s1. The van der Waals surface area contributed by atoms with E-state index >= 15 is 0 Å². The van der Waals surface area contributed by atoms with E-state index < -0.39 is 31.7 Å². The Kier molecular flexibility index (Phi) is 7.15. The molecule has 0 fully saturated rings. The summed E-state index contributed by atoms with van der Waals surface area (Å²) in [6.07, 6.45) is 3.21.